The Morgan fingerprint density at radius 2 is 1.71 bits per heavy atom. The van der Waals surface area contributed by atoms with Crippen molar-refractivity contribution < 1.29 is 14.7 Å². The van der Waals surface area contributed by atoms with Crippen LogP contribution in [0.2, 0.25) is 0 Å². The van der Waals surface area contributed by atoms with Gasteiger partial charge in [-0.2, -0.15) is 0 Å². The van der Waals surface area contributed by atoms with Crippen LogP contribution in [0.4, 0.5) is 0 Å². The van der Waals surface area contributed by atoms with Crippen LogP contribution >= 0.6 is 0 Å². The minimum absolute atomic E-state index is 0.0870. The van der Waals surface area contributed by atoms with Crippen LogP contribution in [0, 0.1) is 34.5 Å². The van der Waals surface area contributed by atoms with Gasteiger partial charge in [0, 0.05) is 12.6 Å². The maximum atomic E-state index is 13.6. The number of amides is 2. The van der Waals surface area contributed by atoms with Gasteiger partial charge in [0.1, 0.15) is 6.04 Å². The van der Waals surface area contributed by atoms with E-state index in [0.717, 1.165) is 69.9 Å². The molecule has 6 fully saturated rings. The first-order valence-corrected chi connectivity index (χ1v) is 14.8. The lowest BCUT2D eigenvalue weighted by Crippen LogP contribution is -2.58. The summed E-state index contributed by atoms with van der Waals surface area (Å²) >= 11 is 0. The molecule has 2 saturated heterocycles. The van der Waals surface area contributed by atoms with Crippen LogP contribution in [0.25, 0.3) is 0 Å². The molecule has 0 aromatic heterocycles. The van der Waals surface area contributed by atoms with E-state index in [4.69, 9.17) is 0 Å². The highest BCUT2D eigenvalue weighted by atomic mass is 16.3. The lowest BCUT2D eigenvalue weighted by molar-refractivity contribution is -0.141. The van der Waals surface area contributed by atoms with Crippen LogP contribution < -0.4 is 10.6 Å². The molecule has 4 aliphatic carbocycles. The van der Waals surface area contributed by atoms with Crippen LogP contribution in [0.5, 0.6) is 0 Å². The molecule has 4 saturated carbocycles. The van der Waals surface area contributed by atoms with E-state index < -0.39 is 0 Å². The Morgan fingerprint density at radius 1 is 0.914 bits per heavy atom. The largest absolute Gasteiger partial charge is 0.393 e. The van der Waals surface area contributed by atoms with Crippen molar-refractivity contribution in [3.05, 3.63) is 0 Å². The Hall–Kier alpha value is -1.14. The molecule has 196 valence electrons. The van der Waals surface area contributed by atoms with Crippen LogP contribution in [0.15, 0.2) is 0 Å². The molecule has 2 amide bonds. The molecule has 2 heterocycles. The van der Waals surface area contributed by atoms with Gasteiger partial charge in [-0.3, -0.25) is 9.59 Å². The van der Waals surface area contributed by atoms with Crippen molar-refractivity contribution in [1.82, 2.24) is 15.5 Å². The molecule has 3 N–H and O–H groups in total. The van der Waals surface area contributed by atoms with Crippen molar-refractivity contribution in [2.24, 2.45) is 34.5 Å². The van der Waals surface area contributed by atoms with E-state index in [1.807, 2.05) is 4.90 Å². The second kappa shape index (κ2) is 9.01. The standard InChI is InChI=1S/C29H47N3O3/c1-28-13-11-19(33)17-18(28)7-8-20-21-9-10-25(29(21,2)14-12-22(20)28)31-26(34)24-6-4-16-32(24)27(35)23-5-3-15-30-23/h18-25,30,33H,3-17H2,1-2H3,(H,31,34)/t18-,19-,20-,21-,22-,23?,24?,25-,28-,29-/m0/s1. The molecule has 0 aromatic carbocycles. The van der Waals surface area contributed by atoms with Crippen molar-refractivity contribution in [2.75, 3.05) is 13.1 Å². The van der Waals surface area contributed by atoms with Crippen molar-refractivity contribution >= 4 is 11.8 Å². The van der Waals surface area contributed by atoms with E-state index >= 15 is 0 Å². The predicted octanol–water partition coefficient (Wildman–Crippen LogP) is 3.62. The second-order valence-electron chi connectivity index (χ2n) is 13.6. The van der Waals surface area contributed by atoms with Crippen LogP contribution in [0.1, 0.15) is 97.3 Å². The highest BCUT2D eigenvalue weighted by Crippen LogP contribution is 2.66. The first-order valence-electron chi connectivity index (χ1n) is 14.8. The van der Waals surface area contributed by atoms with Gasteiger partial charge < -0.3 is 20.6 Å². The number of hydrogen-bond donors (Lipinski definition) is 3. The van der Waals surface area contributed by atoms with Gasteiger partial charge in [-0.25, -0.2) is 0 Å². The van der Waals surface area contributed by atoms with E-state index in [2.05, 4.69) is 24.5 Å². The zero-order chi connectivity index (χ0) is 24.4. The van der Waals surface area contributed by atoms with Crippen molar-refractivity contribution in [1.29, 1.82) is 0 Å². The summed E-state index contributed by atoms with van der Waals surface area (Å²) in [6, 6.07) is -0.141. The molecule has 0 radical (unpaired) electrons. The third-order valence-corrected chi connectivity index (χ3v) is 12.2. The fraction of sp³-hybridized carbons (Fsp3) is 0.931. The van der Waals surface area contributed by atoms with Crippen LogP contribution in [-0.2, 0) is 9.59 Å². The topological polar surface area (TPSA) is 81.7 Å². The van der Waals surface area contributed by atoms with E-state index in [1.54, 1.807) is 0 Å². The number of hydrogen-bond acceptors (Lipinski definition) is 4. The molecule has 35 heavy (non-hydrogen) atoms. The van der Waals surface area contributed by atoms with Crippen molar-refractivity contribution in [2.45, 2.75) is 122 Å². The minimum atomic E-state index is -0.285. The van der Waals surface area contributed by atoms with E-state index in [9.17, 15) is 14.7 Å². The molecular weight excluding hydrogens is 438 g/mol. The number of rotatable bonds is 3. The Kier molecular flexibility index (Phi) is 6.23. The smallest absolute Gasteiger partial charge is 0.243 e. The molecule has 6 aliphatic rings. The first-order chi connectivity index (χ1) is 16.8. The molecule has 2 aliphatic heterocycles. The van der Waals surface area contributed by atoms with Gasteiger partial charge in [0.25, 0.3) is 0 Å². The molecular formula is C29H47N3O3. The van der Waals surface area contributed by atoms with Gasteiger partial charge in [0.2, 0.25) is 11.8 Å². The average molecular weight is 486 g/mol. The summed E-state index contributed by atoms with van der Waals surface area (Å²) in [5.74, 6) is 3.17. The van der Waals surface area contributed by atoms with Crippen LogP contribution in [-0.4, -0.2) is 59.1 Å². The minimum Gasteiger partial charge on any atom is -0.393 e. The quantitative estimate of drug-likeness (QED) is 0.570. The molecule has 0 aromatic rings. The van der Waals surface area contributed by atoms with Gasteiger partial charge in [0.15, 0.2) is 0 Å². The zero-order valence-corrected chi connectivity index (χ0v) is 21.9. The number of fused-ring (bicyclic) bond motifs is 5. The SMILES string of the molecule is C[C@]12CC[C@H](O)C[C@@H]1CC[C@@H]1[C@@H]2CC[C@]2(C)[C@@H](NC(=O)C3CCCN3C(=O)C3CCCN3)CC[C@@H]12. The number of nitrogens with one attached hydrogen (secondary N) is 2. The lowest BCUT2D eigenvalue weighted by atomic mass is 9.45. The summed E-state index contributed by atoms with van der Waals surface area (Å²) in [6.45, 7) is 6.64. The maximum Gasteiger partial charge on any atom is 0.243 e. The molecule has 0 bridgehead atoms. The fourth-order valence-corrected chi connectivity index (χ4v) is 10.1. The molecule has 0 spiro atoms. The molecule has 10 atom stereocenters. The Morgan fingerprint density at radius 3 is 2.51 bits per heavy atom. The zero-order valence-electron chi connectivity index (χ0n) is 21.9. The molecule has 2 unspecified atom stereocenters. The second-order valence-corrected chi connectivity index (χ2v) is 13.6. The summed E-state index contributed by atoms with van der Waals surface area (Å²) in [7, 11) is 0. The number of aliphatic hydroxyl groups is 1. The van der Waals surface area contributed by atoms with Gasteiger partial charge in [-0.1, -0.05) is 13.8 Å². The number of aliphatic hydroxyl groups excluding tert-OH is 1. The summed E-state index contributed by atoms with van der Waals surface area (Å²) in [5.41, 5.74) is 0.568. The van der Waals surface area contributed by atoms with Crippen molar-refractivity contribution in [3.8, 4) is 0 Å². The van der Waals surface area contributed by atoms with Gasteiger partial charge in [-0.15, -0.1) is 0 Å². The normalized spacial score (nSPS) is 49.3. The lowest BCUT2D eigenvalue weighted by Gasteiger charge is -2.61. The fourth-order valence-electron chi connectivity index (χ4n) is 10.1. The Labute approximate surface area is 211 Å². The molecule has 6 nitrogen and oxygen atoms in total. The van der Waals surface area contributed by atoms with Crippen molar-refractivity contribution in [3.63, 3.8) is 0 Å². The summed E-state index contributed by atoms with van der Waals surface area (Å²) in [4.78, 5) is 28.5. The average Bonchev–Trinajstić information content (AvgIpc) is 3.60. The summed E-state index contributed by atoms with van der Waals surface area (Å²) < 4.78 is 0. The summed E-state index contributed by atoms with van der Waals surface area (Å²) in [5, 5.41) is 17.1. The maximum absolute atomic E-state index is 13.6. The Balaban J connectivity index is 1.14. The third kappa shape index (κ3) is 3.88. The number of nitrogens with zero attached hydrogens (tertiary/aromatic N) is 1. The third-order valence-electron chi connectivity index (χ3n) is 12.2. The van der Waals surface area contributed by atoms with Gasteiger partial charge >= 0.3 is 0 Å². The number of carbonyl (C=O) groups excluding carboxylic acids is 2. The van der Waals surface area contributed by atoms with Crippen LogP contribution in [0.3, 0.4) is 0 Å². The monoisotopic (exact) mass is 485 g/mol. The van der Waals surface area contributed by atoms with E-state index in [1.165, 1.54) is 38.5 Å². The van der Waals surface area contributed by atoms with E-state index in [0.29, 0.717) is 17.3 Å². The van der Waals surface area contributed by atoms with Gasteiger partial charge in [0.05, 0.1) is 12.1 Å². The molecule has 6 heteroatoms. The number of likely N-dealkylation sites (tertiary alicyclic amines) is 1. The predicted molar refractivity (Wildman–Crippen MR) is 135 cm³/mol. The van der Waals surface area contributed by atoms with Gasteiger partial charge in [-0.05, 0) is 125 Å². The Bertz CT molecular complexity index is 843. The summed E-state index contributed by atoms with van der Waals surface area (Å²) in [6.07, 6.45) is 14.1. The number of carbonyl (C=O) groups is 2. The van der Waals surface area contributed by atoms with E-state index in [-0.39, 0.29) is 41.5 Å². The highest BCUT2D eigenvalue weighted by molar-refractivity contribution is 5.90. The first kappa shape index (κ1) is 24.2. The molecule has 6 rings (SSSR count). The highest BCUT2D eigenvalue weighted by Gasteiger charge is 2.60.